The van der Waals surface area contributed by atoms with Crippen LogP contribution in [0.1, 0.15) is 47.3 Å². The van der Waals surface area contributed by atoms with Crippen molar-refractivity contribution >= 4 is 67.4 Å². The number of benzene rings is 5. The molecule has 6 aromatic rings. The van der Waals surface area contributed by atoms with E-state index in [1.54, 1.807) is 11.8 Å². The van der Waals surface area contributed by atoms with Gasteiger partial charge in [-0.2, -0.15) is 0 Å². The lowest BCUT2D eigenvalue weighted by Gasteiger charge is -2.10. The van der Waals surface area contributed by atoms with Crippen LogP contribution in [-0.2, 0) is 16.2 Å². The van der Waals surface area contributed by atoms with E-state index in [0.717, 1.165) is 60.7 Å². The van der Waals surface area contributed by atoms with Crippen LogP contribution in [0.3, 0.4) is 0 Å². The summed E-state index contributed by atoms with van der Waals surface area (Å²) in [5.41, 5.74) is 7.13. The van der Waals surface area contributed by atoms with E-state index in [0.29, 0.717) is 17.7 Å². The minimum atomic E-state index is -0.565. The fourth-order valence-corrected chi connectivity index (χ4v) is 6.94. The Balaban J connectivity index is 1.34. The number of hydrogen-bond acceptors (Lipinski definition) is 5. The van der Waals surface area contributed by atoms with Crippen LogP contribution in [0.2, 0.25) is 0 Å². The number of hydrogen-bond donors (Lipinski definition) is 0. The normalized spacial score (nSPS) is 11.8. The lowest BCUT2D eigenvalue weighted by Crippen LogP contribution is -2.16. The number of aryl methyl sites for hydroxylation is 2. The van der Waals surface area contributed by atoms with Crippen molar-refractivity contribution in [2.75, 3.05) is 5.75 Å². The molecule has 0 saturated carbocycles. The van der Waals surface area contributed by atoms with Gasteiger partial charge in [-0.15, -0.1) is 11.8 Å². The molecule has 0 N–H and O–H groups in total. The molecule has 0 unspecified atom stereocenters. The summed E-state index contributed by atoms with van der Waals surface area (Å²) in [7, 11) is 0. The Morgan fingerprint density at radius 1 is 0.822 bits per heavy atom. The summed E-state index contributed by atoms with van der Waals surface area (Å²) in [6.07, 6.45) is 0.342. The summed E-state index contributed by atoms with van der Waals surface area (Å²) >= 11 is 1.65. The van der Waals surface area contributed by atoms with Gasteiger partial charge in [0.05, 0.1) is 0 Å². The van der Waals surface area contributed by atoms with E-state index in [-0.39, 0.29) is 11.5 Å². The van der Waals surface area contributed by atoms with Crippen molar-refractivity contribution in [1.29, 1.82) is 0 Å². The highest BCUT2D eigenvalue weighted by Gasteiger charge is 2.19. The SMILES string of the molecule is C=C(c1ccc2c(c1)c1cc(C(=O)/C(CCSc3cccc4ccccc34)=N/OC(C)=O)ccc1n2CC)c1ccccc1C. The van der Waals surface area contributed by atoms with Crippen LogP contribution in [0.15, 0.2) is 120 Å². The molecule has 0 fully saturated rings. The van der Waals surface area contributed by atoms with Gasteiger partial charge in [0.25, 0.3) is 0 Å². The van der Waals surface area contributed by atoms with Gasteiger partial charge < -0.3 is 9.40 Å². The summed E-state index contributed by atoms with van der Waals surface area (Å²) in [5, 5.41) is 8.39. The molecule has 0 atom stereocenters. The Labute approximate surface area is 267 Å². The van der Waals surface area contributed by atoms with E-state index < -0.39 is 5.97 Å². The van der Waals surface area contributed by atoms with Crippen molar-refractivity contribution in [3.63, 3.8) is 0 Å². The van der Waals surface area contributed by atoms with Crippen molar-refractivity contribution in [1.82, 2.24) is 4.57 Å². The zero-order chi connectivity index (χ0) is 31.5. The second kappa shape index (κ2) is 13.0. The Hall–Kier alpha value is -4.94. The molecule has 224 valence electrons. The molecule has 0 spiro atoms. The number of aromatic nitrogens is 1. The van der Waals surface area contributed by atoms with Gasteiger partial charge in [-0.25, -0.2) is 4.79 Å². The summed E-state index contributed by atoms with van der Waals surface area (Å²) in [4.78, 5) is 31.7. The number of rotatable bonds is 10. The molecular weight excluding hydrogens is 577 g/mol. The van der Waals surface area contributed by atoms with Crippen molar-refractivity contribution < 1.29 is 14.4 Å². The number of Topliss-reactive ketones (excluding diaryl/α,β-unsaturated/α-hetero) is 1. The molecule has 5 nitrogen and oxygen atoms in total. The van der Waals surface area contributed by atoms with Crippen LogP contribution in [0.5, 0.6) is 0 Å². The molecule has 6 rings (SSSR count). The van der Waals surface area contributed by atoms with Gasteiger partial charge >= 0.3 is 5.97 Å². The highest BCUT2D eigenvalue weighted by Crippen LogP contribution is 2.34. The van der Waals surface area contributed by atoms with Crippen molar-refractivity contribution in [3.05, 3.63) is 132 Å². The van der Waals surface area contributed by atoms with E-state index in [2.05, 4.69) is 84.7 Å². The fourth-order valence-electron chi connectivity index (χ4n) is 5.91. The number of thioether (sulfide) groups is 1. The highest BCUT2D eigenvalue weighted by molar-refractivity contribution is 7.99. The molecule has 0 amide bonds. The third-order valence-electron chi connectivity index (χ3n) is 8.15. The molecule has 5 aromatic carbocycles. The summed E-state index contributed by atoms with van der Waals surface area (Å²) < 4.78 is 2.26. The van der Waals surface area contributed by atoms with Gasteiger partial charge in [-0.3, -0.25) is 4.79 Å². The first kappa shape index (κ1) is 30.1. The second-order valence-electron chi connectivity index (χ2n) is 11.0. The number of oxime groups is 1. The van der Waals surface area contributed by atoms with Gasteiger partial charge in [0.15, 0.2) is 0 Å². The molecule has 0 aliphatic heterocycles. The first-order chi connectivity index (χ1) is 21.9. The molecular formula is C39H34N2O3S. The Bertz CT molecular complexity index is 2130. The first-order valence-corrected chi connectivity index (χ1v) is 16.0. The molecule has 0 aliphatic rings. The second-order valence-corrected chi connectivity index (χ2v) is 12.2. The maximum Gasteiger partial charge on any atom is 0.331 e. The molecule has 1 aromatic heterocycles. The third-order valence-corrected chi connectivity index (χ3v) is 9.23. The quantitative estimate of drug-likeness (QED) is 0.0509. The molecule has 6 heteroatoms. The third kappa shape index (κ3) is 6.06. The predicted octanol–water partition coefficient (Wildman–Crippen LogP) is 9.62. The highest BCUT2D eigenvalue weighted by atomic mass is 32.2. The number of fused-ring (bicyclic) bond motifs is 4. The van der Waals surface area contributed by atoms with Crippen LogP contribution in [0.25, 0.3) is 38.2 Å². The van der Waals surface area contributed by atoms with E-state index in [1.807, 2.05) is 48.5 Å². The van der Waals surface area contributed by atoms with E-state index in [1.165, 1.54) is 12.5 Å². The van der Waals surface area contributed by atoms with Gasteiger partial charge in [0.1, 0.15) is 5.71 Å². The van der Waals surface area contributed by atoms with Gasteiger partial charge in [-0.05, 0) is 83.3 Å². The molecule has 0 radical (unpaired) electrons. The molecule has 0 saturated heterocycles. The lowest BCUT2D eigenvalue weighted by atomic mass is 9.94. The zero-order valence-corrected chi connectivity index (χ0v) is 26.5. The maximum absolute atomic E-state index is 13.9. The number of ketones is 1. The average molecular weight is 611 g/mol. The van der Waals surface area contributed by atoms with Crippen LogP contribution >= 0.6 is 11.8 Å². The molecule has 1 heterocycles. The van der Waals surface area contributed by atoms with Gasteiger partial charge in [0.2, 0.25) is 5.78 Å². The monoisotopic (exact) mass is 610 g/mol. The first-order valence-electron chi connectivity index (χ1n) is 15.1. The van der Waals surface area contributed by atoms with Crippen molar-refractivity contribution in [3.8, 4) is 0 Å². The summed E-state index contributed by atoms with van der Waals surface area (Å²) in [6.45, 7) is 10.7. The van der Waals surface area contributed by atoms with Crippen LogP contribution < -0.4 is 0 Å². The Kier molecular flexibility index (Phi) is 8.67. The van der Waals surface area contributed by atoms with E-state index in [4.69, 9.17) is 4.84 Å². The largest absolute Gasteiger partial charge is 0.341 e. The number of nitrogens with zero attached hydrogens (tertiary/aromatic N) is 2. The standard InChI is InChI=1S/C39H34N2O3S/c1-5-41-36-19-17-29(26(3)31-14-8-6-11-25(31)2)23-33(36)34-24-30(18-20-37(34)41)39(43)35(40-44-27(4)42)21-22-45-38-16-10-13-28-12-7-9-15-32(28)38/h6-20,23-24H,3,5,21-22H2,1-2,4H3/b40-35+. The minimum absolute atomic E-state index is 0.213. The van der Waals surface area contributed by atoms with Gasteiger partial charge in [0, 0.05) is 57.9 Å². The molecule has 0 aliphatic carbocycles. The fraction of sp³-hybridized carbons (Fsp3) is 0.154. The smallest absolute Gasteiger partial charge is 0.331 e. The lowest BCUT2D eigenvalue weighted by molar-refractivity contribution is -0.140. The average Bonchev–Trinajstić information content (AvgIpc) is 3.38. The Morgan fingerprint density at radius 2 is 1.49 bits per heavy atom. The summed E-state index contributed by atoms with van der Waals surface area (Å²) in [5.74, 6) is -0.221. The van der Waals surface area contributed by atoms with E-state index in [9.17, 15) is 9.59 Å². The minimum Gasteiger partial charge on any atom is -0.341 e. The van der Waals surface area contributed by atoms with Crippen LogP contribution in [0.4, 0.5) is 0 Å². The number of carbonyl (C=O) groups excluding carboxylic acids is 2. The van der Waals surface area contributed by atoms with Crippen molar-refractivity contribution in [2.24, 2.45) is 5.16 Å². The maximum atomic E-state index is 13.9. The number of carbonyl (C=O) groups is 2. The molecule has 0 bridgehead atoms. The van der Waals surface area contributed by atoms with Crippen LogP contribution in [0, 0.1) is 6.92 Å². The summed E-state index contributed by atoms with van der Waals surface area (Å²) in [6, 6.07) is 34.9. The molecule has 45 heavy (non-hydrogen) atoms. The Morgan fingerprint density at radius 3 is 2.22 bits per heavy atom. The van der Waals surface area contributed by atoms with Crippen LogP contribution in [-0.4, -0.2) is 27.8 Å². The van der Waals surface area contributed by atoms with Crippen molar-refractivity contribution in [2.45, 2.75) is 38.6 Å². The topological polar surface area (TPSA) is 60.7 Å². The predicted molar refractivity (Wildman–Crippen MR) is 187 cm³/mol. The zero-order valence-electron chi connectivity index (χ0n) is 25.7. The van der Waals surface area contributed by atoms with Gasteiger partial charge in [-0.1, -0.05) is 78.5 Å². The van der Waals surface area contributed by atoms with E-state index >= 15 is 0 Å².